The molecule has 6 nitrogen and oxygen atoms in total. The standard InChI is InChI=1S/C18H27NO5S/c1-3-8-23-17-10-19-14(9-16(17)20)11-25(22)12-18(21)24-15-6-4-13(2)5-7-15/h9-10,13,15H,3-8,11-12H2,1-2H3,(H,19,20). The summed E-state index contributed by atoms with van der Waals surface area (Å²) in [5.41, 5.74) is 0.268. The highest BCUT2D eigenvalue weighted by Gasteiger charge is 2.22. The van der Waals surface area contributed by atoms with Crippen molar-refractivity contribution in [2.24, 2.45) is 5.92 Å². The van der Waals surface area contributed by atoms with Crippen molar-refractivity contribution < 1.29 is 18.5 Å². The Kier molecular flexibility index (Phi) is 7.68. The van der Waals surface area contributed by atoms with Crippen molar-refractivity contribution in [1.29, 1.82) is 0 Å². The molecule has 0 spiro atoms. The minimum atomic E-state index is -1.42. The Bertz CT molecular complexity index is 649. The molecular weight excluding hydrogens is 342 g/mol. The van der Waals surface area contributed by atoms with Crippen LogP contribution < -0.4 is 10.2 Å². The SMILES string of the molecule is CCCOc1c[nH]c(CS(=O)CC(=O)OC2CCC(C)CC2)cc1=O. The normalized spacial score (nSPS) is 21.5. The van der Waals surface area contributed by atoms with Crippen LogP contribution in [0.2, 0.25) is 0 Å². The molecule has 0 radical (unpaired) electrons. The highest BCUT2D eigenvalue weighted by molar-refractivity contribution is 7.84. The van der Waals surface area contributed by atoms with Gasteiger partial charge in [-0.2, -0.15) is 0 Å². The zero-order chi connectivity index (χ0) is 18.2. The van der Waals surface area contributed by atoms with Crippen LogP contribution in [0.3, 0.4) is 0 Å². The molecule has 1 unspecified atom stereocenters. The van der Waals surface area contributed by atoms with Crippen molar-refractivity contribution in [3.63, 3.8) is 0 Å². The summed E-state index contributed by atoms with van der Waals surface area (Å²) in [5, 5.41) is 0. The number of hydrogen-bond acceptors (Lipinski definition) is 5. The number of aromatic nitrogens is 1. The number of carbonyl (C=O) groups is 1. The third-order valence-corrected chi connectivity index (χ3v) is 5.45. The molecule has 1 N–H and O–H groups in total. The summed E-state index contributed by atoms with van der Waals surface area (Å²) in [7, 11) is -1.42. The second-order valence-electron chi connectivity index (χ2n) is 6.64. The van der Waals surface area contributed by atoms with Crippen LogP contribution >= 0.6 is 0 Å². The lowest BCUT2D eigenvalue weighted by Crippen LogP contribution is -2.26. The quantitative estimate of drug-likeness (QED) is 0.712. The predicted molar refractivity (Wildman–Crippen MR) is 97.1 cm³/mol. The van der Waals surface area contributed by atoms with Crippen molar-refractivity contribution in [3.05, 3.63) is 28.2 Å². The number of ether oxygens (including phenoxy) is 2. The fourth-order valence-electron chi connectivity index (χ4n) is 2.83. The fraction of sp³-hybridized carbons (Fsp3) is 0.667. The second kappa shape index (κ2) is 9.75. The second-order valence-corrected chi connectivity index (χ2v) is 8.09. The van der Waals surface area contributed by atoms with Gasteiger partial charge in [0.1, 0.15) is 11.9 Å². The van der Waals surface area contributed by atoms with Gasteiger partial charge in [-0.1, -0.05) is 13.8 Å². The summed E-state index contributed by atoms with van der Waals surface area (Å²) < 4.78 is 22.9. The van der Waals surface area contributed by atoms with Gasteiger partial charge in [0.05, 0.1) is 12.4 Å². The molecule has 1 saturated carbocycles. The van der Waals surface area contributed by atoms with Crippen LogP contribution in [-0.2, 0) is 26.1 Å². The Balaban J connectivity index is 1.80. The van der Waals surface area contributed by atoms with Gasteiger partial charge in [0.25, 0.3) is 0 Å². The predicted octanol–water partition coefficient (Wildman–Crippen LogP) is 2.53. The van der Waals surface area contributed by atoms with Crippen molar-refractivity contribution in [1.82, 2.24) is 4.98 Å². The Morgan fingerprint density at radius 1 is 1.32 bits per heavy atom. The molecule has 1 aliphatic rings. The summed E-state index contributed by atoms with van der Waals surface area (Å²) in [6.07, 6.45) is 6.14. The van der Waals surface area contributed by atoms with Crippen LogP contribution in [0, 0.1) is 5.92 Å². The minimum absolute atomic E-state index is 0.0458. The molecule has 0 aliphatic heterocycles. The fourth-order valence-corrected chi connectivity index (χ4v) is 3.78. The average molecular weight is 369 g/mol. The van der Waals surface area contributed by atoms with Gasteiger partial charge in [-0.25, -0.2) is 0 Å². The van der Waals surface area contributed by atoms with Gasteiger partial charge >= 0.3 is 5.97 Å². The van der Waals surface area contributed by atoms with Gasteiger partial charge in [0.15, 0.2) is 5.75 Å². The van der Waals surface area contributed by atoms with Crippen LogP contribution in [0.5, 0.6) is 5.75 Å². The third-order valence-electron chi connectivity index (χ3n) is 4.25. The molecule has 2 rings (SSSR count). The summed E-state index contributed by atoms with van der Waals surface area (Å²) >= 11 is 0. The molecule has 0 amide bonds. The van der Waals surface area contributed by atoms with E-state index in [1.54, 1.807) is 0 Å². The van der Waals surface area contributed by atoms with Crippen molar-refractivity contribution >= 4 is 16.8 Å². The molecule has 1 fully saturated rings. The Hall–Kier alpha value is -1.63. The van der Waals surface area contributed by atoms with Gasteiger partial charge in [-0.15, -0.1) is 0 Å². The molecule has 0 aromatic carbocycles. The average Bonchev–Trinajstić information content (AvgIpc) is 2.56. The topological polar surface area (TPSA) is 85.5 Å². The lowest BCUT2D eigenvalue weighted by atomic mass is 9.89. The van der Waals surface area contributed by atoms with E-state index in [0.717, 1.165) is 32.1 Å². The van der Waals surface area contributed by atoms with E-state index in [4.69, 9.17) is 9.47 Å². The highest BCUT2D eigenvalue weighted by Crippen LogP contribution is 2.25. The van der Waals surface area contributed by atoms with Crippen LogP contribution in [0.15, 0.2) is 17.1 Å². The van der Waals surface area contributed by atoms with E-state index in [-0.39, 0.29) is 28.8 Å². The van der Waals surface area contributed by atoms with Crippen LogP contribution in [0.4, 0.5) is 0 Å². The first kappa shape index (κ1) is 19.7. The number of H-pyrrole nitrogens is 1. The van der Waals surface area contributed by atoms with E-state index in [0.29, 0.717) is 18.2 Å². The molecule has 1 aromatic heterocycles. The Morgan fingerprint density at radius 2 is 2.04 bits per heavy atom. The molecule has 0 bridgehead atoms. The number of hydrogen-bond donors (Lipinski definition) is 1. The van der Waals surface area contributed by atoms with Crippen LogP contribution in [0.1, 0.15) is 51.6 Å². The van der Waals surface area contributed by atoms with E-state index in [1.165, 1.54) is 12.3 Å². The molecule has 1 heterocycles. The number of aromatic amines is 1. The Morgan fingerprint density at radius 3 is 2.68 bits per heavy atom. The van der Waals surface area contributed by atoms with E-state index in [9.17, 15) is 13.8 Å². The molecule has 7 heteroatoms. The van der Waals surface area contributed by atoms with Gasteiger partial charge in [0, 0.05) is 28.8 Å². The lowest BCUT2D eigenvalue weighted by Gasteiger charge is -2.25. The zero-order valence-corrected chi connectivity index (χ0v) is 15.7. The van der Waals surface area contributed by atoms with E-state index >= 15 is 0 Å². The molecular formula is C18H27NO5S. The molecule has 1 aliphatic carbocycles. The summed E-state index contributed by atoms with van der Waals surface area (Å²) in [6.45, 7) is 4.63. The number of esters is 1. The maximum atomic E-state index is 12.1. The number of nitrogens with one attached hydrogen (secondary N) is 1. The van der Waals surface area contributed by atoms with E-state index < -0.39 is 16.8 Å². The molecule has 25 heavy (non-hydrogen) atoms. The van der Waals surface area contributed by atoms with Gasteiger partial charge < -0.3 is 14.5 Å². The highest BCUT2D eigenvalue weighted by atomic mass is 32.2. The van der Waals surface area contributed by atoms with Crippen LogP contribution in [0.25, 0.3) is 0 Å². The first-order chi connectivity index (χ1) is 12.0. The maximum Gasteiger partial charge on any atom is 0.318 e. The molecule has 1 aromatic rings. The van der Waals surface area contributed by atoms with Gasteiger partial charge in [-0.3, -0.25) is 13.8 Å². The largest absolute Gasteiger partial charge is 0.488 e. The van der Waals surface area contributed by atoms with E-state index in [2.05, 4.69) is 11.9 Å². The number of pyridine rings is 1. The maximum absolute atomic E-state index is 12.1. The zero-order valence-electron chi connectivity index (χ0n) is 14.9. The van der Waals surface area contributed by atoms with Gasteiger partial charge in [0.2, 0.25) is 5.43 Å². The van der Waals surface area contributed by atoms with Crippen molar-refractivity contribution in [3.8, 4) is 5.75 Å². The van der Waals surface area contributed by atoms with Crippen molar-refractivity contribution in [2.45, 2.75) is 57.8 Å². The summed E-state index contributed by atoms with van der Waals surface area (Å²) in [4.78, 5) is 26.7. The minimum Gasteiger partial charge on any atom is -0.488 e. The van der Waals surface area contributed by atoms with E-state index in [1.807, 2.05) is 6.92 Å². The first-order valence-corrected chi connectivity index (χ1v) is 10.4. The first-order valence-electron chi connectivity index (χ1n) is 8.86. The lowest BCUT2D eigenvalue weighted by molar-refractivity contribution is -0.147. The third kappa shape index (κ3) is 6.65. The summed E-state index contributed by atoms with van der Waals surface area (Å²) in [6, 6.07) is 1.37. The number of carbonyl (C=O) groups excluding carboxylic acids is 1. The molecule has 140 valence electrons. The smallest absolute Gasteiger partial charge is 0.318 e. The van der Waals surface area contributed by atoms with Gasteiger partial charge in [-0.05, 0) is 38.0 Å². The monoisotopic (exact) mass is 369 g/mol. The number of rotatable bonds is 8. The Labute approximate surface area is 150 Å². The van der Waals surface area contributed by atoms with Crippen LogP contribution in [-0.4, -0.2) is 33.6 Å². The summed E-state index contributed by atoms with van der Waals surface area (Å²) in [5.74, 6) is 0.470. The van der Waals surface area contributed by atoms with Crippen molar-refractivity contribution in [2.75, 3.05) is 12.4 Å². The molecule has 1 atom stereocenters. The molecule has 0 saturated heterocycles.